The molecule has 0 saturated carbocycles. The third-order valence-electron chi connectivity index (χ3n) is 0.732. The van der Waals surface area contributed by atoms with Gasteiger partial charge in [0.25, 0.3) is 0 Å². The Kier molecular flexibility index (Phi) is 4.87. The maximum atomic E-state index is 10.7. The Morgan fingerprint density at radius 2 is 1.91 bits per heavy atom. The summed E-state index contributed by atoms with van der Waals surface area (Å²) >= 11 is 0. The van der Waals surface area contributed by atoms with Crippen LogP contribution in [0.2, 0.25) is 0 Å². The van der Waals surface area contributed by atoms with Gasteiger partial charge in [-0.25, -0.2) is 9.59 Å². The summed E-state index contributed by atoms with van der Waals surface area (Å²) in [7, 11) is 0.684. The highest BCUT2D eigenvalue weighted by Crippen LogP contribution is 2.17. The zero-order valence-corrected chi connectivity index (χ0v) is 7.71. The standard InChI is InChI=1S/C5H10BO4P/c1-3(2)9-4(7)11-5(8)10-6/h3,11H,6H2,1-2H3. The van der Waals surface area contributed by atoms with E-state index in [0.717, 1.165) is 0 Å². The molecule has 11 heavy (non-hydrogen) atoms. The number of carbonyl (C=O) groups is 2. The van der Waals surface area contributed by atoms with Crippen LogP contribution in [0.15, 0.2) is 0 Å². The molecule has 0 aromatic carbocycles. The summed E-state index contributed by atoms with van der Waals surface area (Å²) < 4.78 is 8.97. The molecule has 0 rings (SSSR count). The van der Waals surface area contributed by atoms with Crippen molar-refractivity contribution in [2.24, 2.45) is 0 Å². The molecule has 0 aliphatic carbocycles. The molecule has 1 atom stereocenters. The van der Waals surface area contributed by atoms with Gasteiger partial charge in [0.05, 0.1) is 6.10 Å². The Balaban J connectivity index is 3.61. The topological polar surface area (TPSA) is 52.6 Å². The Bertz CT molecular complexity index is 159. The van der Waals surface area contributed by atoms with Gasteiger partial charge in [0.15, 0.2) is 0 Å². The normalized spacial score (nSPS) is 10.5. The van der Waals surface area contributed by atoms with E-state index in [-0.39, 0.29) is 6.10 Å². The van der Waals surface area contributed by atoms with E-state index in [0.29, 0.717) is 0 Å². The molecule has 0 fully saturated rings. The summed E-state index contributed by atoms with van der Waals surface area (Å²) in [4.78, 5) is 21.2. The minimum absolute atomic E-state index is 0.181. The maximum absolute atomic E-state index is 10.7. The molecule has 0 amide bonds. The van der Waals surface area contributed by atoms with E-state index in [1.807, 2.05) is 0 Å². The largest absolute Gasteiger partial charge is 0.540 e. The fourth-order valence-electron chi connectivity index (χ4n) is 0.378. The quantitative estimate of drug-likeness (QED) is 0.473. The lowest BCUT2D eigenvalue weighted by atomic mass is 10.5. The Hall–Kier alpha value is -0.565. The molecule has 4 nitrogen and oxygen atoms in total. The van der Waals surface area contributed by atoms with Crippen LogP contribution in [0.4, 0.5) is 9.59 Å². The molecule has 0 spiro atoms. The van der Waals surface area contributed by atoms with Crippen LogP contribution in [0.25, 0.3) is 0 Å². The summed E-state index contributed by atoms with van der Waals surface area (Å²) in [5.74, 6) is 0. The zero-order valence-electron chi connectivity index (χ0n) is 6.71. The first-order valence-electron chi connectivity index (χ1n) is 3.12. The third kappa shape index (κ3) is 5.86. The minimum Gasteiger partial charge on any atom is -0.540 e. The molecule has 0 heterocycles. The predicted octanol–water partition coefficient (Wildman–Crippen LogP) is 0.895. The van der Waals surface area contributed by atoms with Crippen molar-refractivity contribution in [3.05, 3.63) is 0 Å². The lowest BCUT2D eigenvalue weighted by molar-refractivity contribution is 0.142. The van der Waals surface area contributed by atoms with Crippen molar-refractivity contribution in [3.63, 3.8) is 0 Å². The molecule has 0 aromatic rings. The van der Waals surface area contributed by atoms with Crippen molar-refractivity contribution >= 4 is 28.1 Å². The number of carbonyl (C=O) groups excluding carboxylic acids is 2. The van der Waals surface area contributed by atoms with Crippen LogP contribution in [-0.2, 0) is 9.39 Å². The Morgan fingerprint density at radius 1 is 1.36 bits per heavy atom. The van der Waals surface area contributed by atoms with Crippen molar-refractivity contribution in [3.8, 4) is 0 Å². The SMILES string of the molecule is BOC(=O)PC(=O)OC(C)C. The van der Waals surface area contributed by atoms with Crippen molar-refractivity contribution in [1.82, 2.24) is 0 Å². The van der Waals surface area contributed by atoms with Gasteiger partial charge in [-0.2, -0.15) is 0 Å². The molecule has 0 aliphatic rings. The van der Waals surface area contributed by atoms with Crippen molar-refractivity contribution < 1.29 is 19.0 Å². The van der Waals surface area contributed by atoms with E-state index >= 15 is 0 Å². The first-order chi connectivity index (χ1) is 5.06. The van der Waals surface area contributed by atoms with E-state index in [9.17, 15) is 9.59 Å². The van der Waals surface area contributed by atoms with Gasteiger partial charge in [0.2, 0.25) is 0 Å². The first-order valence-corrected chi connectivity index (χ1v) is 4.12. The molecule has 6 heteroatoms. The molecule has 62 valence electrons. The summed E-state index contributed by atoms with van der Waals surface area (Å²) in [6.07, 6.45) is -0.181. The van der Waals surface area contributed by atoms with E-state index < -0.39 is 20.0 Å². The number of rotatable bonds is 3. The van der Waals surface area contributed by atoms with Crippen LogP contribution in [0, 0.1) is 0 Å². The molecule has 0 N–H and O–H groups in total. The Labute approximate surface area is 67.9 Å². The molecule has 0 bridgehead atoms. The van der Waals surface area contributed by atoms with Gasteiger partial charge >= 0.3 is 19.5 Å². The minimum atomic E-state index is -0.550. The fraction of sp³-hybridized carbons (Fsp3) is 0.600. The number of hydrogen-bond acceptors (Lipinski definition) is 4. The lowest BCUT2D eigenvalue weighted by Gasteiger charge is -2.05. The van der Waals surface area contributed by atoms with Crippen LogP contribution in [0.1, 0.15) is 13.8 Å². The van der Waals surface area contributed by atoms with Crippen molar-refractivity contribution in [2.45, 2.75) is 20.0 Å². The van der Waals surface area contributed by atoms with Crippen LogP contribution in [0.5, 0.6) is 0 Å². The first kappa shape index (κ1) is 10.4. The molecular weight excluding hydrogens is 166 g/mol. The number of ether oxygens (including phenoxy) is 1. The van der Waals surface area contributed by atoms with Gasteiger partial charge in [-0.1, -0.05) is 0 Å². The van der Waals surface area contributed by atoms with E-state index in [2.05, 4.69) is 4.65 Å². The highest BCUT2D eigenvalue weighted by Gasteiger charge is 2.10. The average molecular weight is 176 g/mol. The third-order valence-corrected chi connectivity index (χ3v) is 1.46. The molecule has 0 aromatic heterocycles. The van der Waals surface area contributed by atoms with E-state index in [1.54, 1.807) is 13.8 Å². The second-order valence-corrected chi connectivity index (χ2v) is 3.14. The monoisotopic (exact) mass is 176 g/mol. The van der Waals surface area contributed by atoms with Crippen molar-refractivity contribution in [1.29, 1.82) is 0 Å². The molecule has 0 aliphatic heterocycles. The van der Waals surface area contributed by atoms with Gasteiger partial charge < -0.3 is 9.39 Å². The Morgan fingerprint density at radius 3 is 2.27 bits per heavy atom. The van der Waals surface area contributed by atoms with Gasteiger partial charge in [0.1, 0.15) is 8.58 Å². The smallest absolute Gasteiger partial charge is 0.334 e. The van der Waals surface area contributed by atoms with Gasteiger partial charge in [-0.05, 0) is 13.8 Å². The van der Waals surface area contributed by atoms with Crippen LogP contribution >= 0.6 is 8.58 Å². The van der Waals surface area contributed by atoms with Gasteiger partial charge in [0, 0.05) is 0 Å². The van der Waals surface area contributed by atoms with Crippen LogP contribution in [-0.4, -0.2) is 25.6 Å². The van der Waals surface area contributed by atoms with Crippen LogP contribution < -0.4 is 0 Å². The van der Waals surface area contributed by atoms with Gasteiger partial charge in [-0.3, -0.25) is 0 Å². The predicted molar refractivity (Wildman–Crippen MR) is 45.0 cm³/mol. The summed E-state index contributed by atoms with van der Waals surface area (Å²) in [6, 6.07) is 0. The second-order valence-electron chi connectivity index (χ2n) is 2.07. The van der Waals surface area contributed by atoms with E-state index in [4.69, 9.17) is 4.74 Å². The number of hydrogen-bond donors (Lipinski definition) is 0. The summed E-state index contributed by atoms with van der Waals surface area (Å²) in [5, 5.41) is 0. The average Bonchev–Trinajstić information content (AvgIpc) is 1.85. The summed E-state index contributed by atoms with van der Waals surface area (Å²) in [5.41, 5.74) is -1.07. The molecular formula is C5H10BO4P. The van der Waals surface area contributed by atoms with Crippen LogP contribution in [0.3, 0.4) is 0 Å². The second kappa shape index (κ2) is 5.13. The lowest BCUT2D eigenvalue weighted by Crippen LogP contribution is -2.07. The van der Waals surface area contributed by atoms with Crippen molar-refractivity contribution in [2.75, 3.05) is 0 Å². The fourth-order valence-corrected chi connectivity index (χ4v) is 0.941. The highest BCUT2D eigenvalue weighted by atomic mass is 31.1. The maximum Gasteiger partial charge on any atom is 0.334 e. The van der Waals surface area contributed by atoms with E-state index in [1.165, 1.54) is 8.05 Å². The summed E-state index contributed by atoms with van der Waals surface area (Å²) in [6.45, 7) is 3.44. The molecule has 1 unspecified atom stereocenters. The molecule has 0 radical (unpaired) electrons. The zero-order chi connectivity index (χ0) is 8.85. The molecule has 0 saturated heterocycles. The highest BCUT2D eigenvalue weighted by molar-refractivity contribution is 7.72. The van der Waals surface area contributed by atoms with Gasteiger partial charge in [-0.15, -0.1) is 0 Å².